The number of aromatic nitrogens is 3. The summed E-state index contributed by atoms with van der Waals surface area (Å²) >= 11 is 5.86. The van der Waals surface area contributed by atoms with E-state index in [4.69, 9.17) is 11.6 Å². The van der Waals surface area contributed by atoms with Gasteiger partial charge >= 0.3 is 5.91 Å². The van der Waals surface area contributed by atoms with Crippen molar-refractivity contribution in [2.24, 2.45) is 0 Å². The van der Waals surface area contributed by atoms with Crippen LogP contribution in [0.15, 0.2) is 48.5 Å². The van der Waals surface area contributed by atoms with Crippen molar-refractivity contribution in [2.75, 3.05) is 0 Å². The van der Waals surface area contributed by atoms with E-state index in [1.54, 1.807) is 31.2 Å². The lowest BCUT2D eigenvalue weighted by Crippen LogP contribution is -2.42. The summed E-state index contributed by atoms with van der Waals surface area (Å²) in [4.78, 5) is 28.1. The van der Waals surface area contributed by atoms with Crippen molar-refractivity contribution in [3.05, 3.63) is 76.6 Å². The first-order valence-corrected chi connectivity index (χ1v) is 8.33. The molecular weight excluding hydrogens is 373 g/mol. The molecule has 0 aliphatic carbocycles. The van der Waals surface area contributed by atoms with Crippen LogP contribution in [0, 0.1) is 12.7 Å². The third-order valence-corrected chi connectivity index (χ3v) is 3.89. The summed E-state index contributed by atoms with van der Waals surface area (Å²) in [6, 6.07) is 12.4. The van der Waals surface area contributed by atoms with E-state index in [2.05, 4.69) is 20.9 Å². The average Bonchev–Trinajstić information content (AvgIpc) is 3.04. The Bertz CT molecular complexity index is 970. The topological polar surface area (TPSA) is 88.9 Å². The number of hydrazine groups is 1. The zero-order valence-corrected chi connectivity index (χ0v) is 15.0. The molecule has 2 aromatic carbocycles. The first kappa shape index (κ1) is 18.5. The van der Waals surface area contributed by atoms with Crippen molar-refractivity contribution in [2.45, 2.75) is 13.3 Å². The first-order valence-electron chi connectivity index (χ1n) is 7.95. The fourth-order valence-corrected chi connectivity index (χ4v) is 2.45. The summed E-state index contributed by atoms with van der Waals surface area (Å²) < 4.78 is 14.4. The van der Waals surface area contributed by atoms with Crippen molar-refractivity contribution < 1.29 is 14.0 Å². The Kier molecular flexibility index (Phi) is 5.46. The highest BCUT2D eigenvalue weighted by Crippen LogP contribution is 2.14. The van der Waals surface area contributed by atoms with E-state index in [1.165, 1.54) is 28.9 Å². The number of aryl methyl sites for hydroxylation is 1. The maximum atomic E-state index is 12.9. The number of rotatable bonds is 4. The summed E-state index contributed by atoms with van der Waals surface area (Å²) in [5.41, 5.74) is 5.85. The largest absolute Gasteiger partial charge is 0.309 e. The number of carbonyl (C=O) groups is 2. The highest BCUT2D eigenvalue weighted by atomic mass is 35.5. The van der Waals surface area contributed by atoms with E-state index in [-0.39, 0.29) is 18.1 Å². The Morgan fingerprint density at radius 1 is 1.07 bits per heavy atom. The lowest BCUT2D eigenvalue weighted by atomic mass is 10.1. The lowest BCUT2D eigenvalue weighted by molar-refractivity contribution is -0.121. The van der Waals surface area contributed by atoms with Gasteiger partial charge in [-0.25, -0.2) is 14.1 Å². The second-order valence-electron chi connectivity index (χ2n) is 5.68. The highest BCUT2D eigenvalue weighted by molar-refractivity contribution is 6.30. The van der Waals surface area contributed by atoms with E-state index in [9.17, 15) is 14.0 Å². The fourth-order valence-electron chi connectivity index (χ4n) is 2.33. The predicted molar refractivity (Wildman–Crippen MR) is 96.8 cm³/mol. The molecular formula is C18H15ClFN5O2. The maximum absolute atomic E-state index is 12.9. The molecule has 9 heteroatoms. The Balaban J connectivity index is 1.61. The number of nitrogens with one attached hydrogen (secondary N) is 2. The number of amides is 2. The molecule has 1 heterocycles. The van der Waals surface area contributed by atoms with Crippen LogP contribution in [-0.2, 0) is 11.2 Å². The molecule has 0 spiro atoms. The van der Waals surface area contributed by atoms with Crippen molar-refractivity contribution in [1.82, 2.24) is 25.6 Å². The number of hydrogen-bond acceptors (Lipinski definition) is 4. The SMILES string of the molecule is Cc1nc(C(=O)NNC(=O)Cc2ccc(F)cc2)nn1-c1ccc(Cl)cc1. The van der Waals surface area contributed by atoms with Crippen LogP contribution in [0.2, 0.25) is 5.02 Å². The highest BCUT2D eigenvalue weighted by Gasteiger charge is 2.16. The van der Waals surface area contributed by atoms with E-state index >= 15 is 0 Å². The first-order chi connectivity index (χ1) is 12.9. The molecule has 0 radical (unpaired) electrons. The van der Waals surface area contributed by atoms with E-state index in [0.29, 0.717) is 22.1 Å². The number of nitrogens with zero attached hydrogens (tertiary/aromatic N) is 3. The Morgan fingerprint density at radius 3 is 2.41 bits per heavy atom. The molecule has 1 aromatic heterocycles. The molecule has 0 bridgehead atoms. The normalized spacial score (nSPS) is 10.5. The van der Waals surface area contributed by atoms with Crippen molar-refractivity contribution in [3.8, 4) is 5.69 Å². The molecule has 2 N–H and O–H groups in total. The minimum atomic E-state index is -0.654. The zero-order chi connectivity index (χ0) is 19.4. The molecule has 2 amide bonds. The van der Waals surface area contributed by atoms with Crippen molar-refractivity contribution in [1.29, 1.82) is 0 Å². The predicted octanol–water partition coefficient (Wildman–Crippen LogP) is 2.37. The van der Waals surface area contributed by atoms with Crippen LogP contribution in [-0.4, -0.2) is 26.6 Å². The van der Waals surface area contributed by atoms with Crippen molar-refractivity contribution in [3.63, 3.8) is 0 Å². The number of halogens is 2. The Hall–Kier alpha value is -3.26. The summed E-state index contributed by atoms with van der Waals surface area (Å²) in [5.74, 6) is -1.09. The van der Waals surface area contributed by atoms with Crippen LogP contribution >= 0.6 is 11.6 Å². The van der Waals surface area contributed by atoms with Crippen LogP contribution < -0.4 is 10.9 Å². The van der Waals surface area contributed by atoms with Gasteiger partial charge in [0.1, 0.15) is 11.6 Å². The van der Waals surface area contributed by atoms with Crippen molar-refractivity contribution >= 4 is 23.4 Å². The van der Waals surface area contributed by atoms with Crippen LogP contribution in [0.4, 0.5) is 4.39 Å². The van der Waals surface area contributed by atoms with Gasteiger partial charge in [0.25, 0.3) is 0 Å². The molecule has 27 heavy (non-hydrogen) atoms. The standard InChI is InChI=1S/C18H15ClFN5O2/c1-11-21-17(24-25(11)15-8-4-13(19)5-9-15)18(27)23-22-16(26)10-12-2-6-14(20)7-3-12/h2-9H,10H2,1H3,(H,22,26)(H,23,27). The molecule has 7 nitrogen and oxygen atoms in total. The van der Waals surface area contributed by atoms with Crippen LogP contribution in [0.25, 0.3) is 5.69 Å². The molecule has 0 aliphatic heterocycles. The van der Waals surface area contributed by atoms with Gasteiger partial charge in [-0.3, -0.25) is 20.4 Å². The van der Waals surface area contributed by atoms with Gasteiger partial charge in [-0.05, 0) is 48.9 Å². The average molecular weight is 388 g/mol. The summed E-state index contributed by atoms with van der Waals surface area (Å²) in [7, 11) is 0. The maximum Gasteiger partial charge on any atom is 0.309 e. The summed E-state index contributed by atoms with van der Waals surface area (Å²) in [5, 5.41) is 4.72. The van der Waals surface area contributed by atoms with Gasteiger partial charge in [0.2, 0.25) is 11.7 Å². The minimum absolute atomic E-state index is 0.00771. The van der Waals surface area contributed by atoms with E-state index in [1.807, 2.05) is 0 Å². The Labute approximate surface area is 159 Å². The molecule has 3 rings (SSSR count). The quantitative estimate of drug-likeness (QED) is 0.673. The molecule has 0 unspecified atom stereocenters. The number of carbonyl (C=O) groups excluding carboxylic acids is 2. The van der Waals surface area contributed by atoms with E-state index in [0.717, 1.165) is 0 Å². The molecule has 0 saturated carbocycles. The van der Waals surface area contributed by atoms with Crippen LogP contribution in [0.3, 0.4) is 0 Å². The second-order valence-corrected chi connectivity index (χ2v) is 6.11. The lowest BCUT2D eigenvalue weighted by Gasteiger charge is -2.05. The van der Waals surface area contributed by atoms with E-state index < -0.39 is 11.8 Å². The molecule has 0 aliphatic rings. The number of benzene rings is 2. The van der Waals surface area contributed by atoms with Gasteiger partial charge < -0.3 is 0 Å². The smallest absolute Gasteiger partial charge is 0.273 e. The van der Waals surface area contributed by atoms with Gasteiger partial charge in [0.15, 0.2) is 0 Å². The second kappa shape index (κ2) is 7.96. The van der Waals surface area contributed by atoms with Crippen LogP contribution in [0.5, 0.6) is 0 Å². The third-order valence-electron chi connectivity index (χ3n) is 3.64. The zero-order valence-electron chi connectivity index (χ0n) is 14.2. The van der Waals surface area contributed by atoms with Gasteiger partial charge in [-0.1, -0.05) is 23.7 Å². The Morgan fingerprint density at radius 2 is 1.74 bits per heavy atom. The summed E-state index contributed by atoms with van der Waals surface area (Å²) in [6.45, 7) is 1.70. The molecule has 0 saturated heterocycles. The van der Waals surface area contributed by atoms with Gasteiger partial charge in [0, 0.05) is 5.02 Å². The monoisotopic (exact) mass is 387 g/mol. The van der Waals surface area contributed by atoms with Gasteiger partial charge in [0.05, 0.1) is 12.1 Å². The molecule has 0 fully saturated rings. The third kappa shape index (κ3) is 4.68. The van der Waals surface area contributed by atoms with Crippen LogP contribution in [0.1, 0.15) is 22.0 Å². The van der Waals surface area contributed by atoms with Gasteiger partial charge in [-0.15, -0.1) is 5.10 Å². The van der Waals surface area contributed by atoms with Gasteiger partial charge in [-0.2, -0.15) is 0 Å². The minimum Gasteiger partial charge on any atom is -0.273 e. The fraction of sp³-hybridized carbons (Fsp3) is 0.111. The number of hydrogen-bond donors (Lipinski definition) is 2. The molecule has 0 atom stereocenters. The molecule has 138 valence electrons. The summed E-state index contributed by atoms with van der Waals surface area (Å²) in [6.07, 6.45) is -0.00771. The molecule has 3 aromatic rings.